The maximum absolute atomic E-state index is 11.0. The van der Waals surface area contributed by atoms with Gasteiger partial charge in [0.2, 0.25) is 0 Å². The van der Waals surface area contributed by atoms with E-state index >= 15 is 0 Å². The van der Waals surface area contributed by atoms with Gasteiger partial charge in [-0.15, -0.1) is 24.0 Å². The lowest BCUT2D eigenvalue weighted by Gasteiger charge is -2.31. The number of benzene rings is 1. The standard InChI is InChI=1S/C13H20N2O2.HI/c1-5-15(4,6-2)11-7-9-12(10-8-11)17-13(16)14-3;/h7-10H,5-6H2,1-4H3;1H. The van der Waals surface area contributed by atoms with Crippen LogP contribution in [0.1, 0.15) is 13.8 Å². The largest absolute Gasteiger partial charge is 0.567 e. The Hall–Kier alpha value is -0.820. The van der Waals surface area contributed by atoms with Crippen LogP contribution in [-0.4, -0.2) is 33.3 Å². The van der Waals surface area contributed by atoms with Crippen molar-refractivity contribution < 1.29 is 9.84 Å². The molecule has 0 bridgehead atoms. The molecule has 0 aliphatic heterocycles. The lowest BCUT2D eigenvalue weighted by atomic mass is 10.2. The van der Waals surface area contributed by atoms with E-state index in [1.807, 2.05) is 12.1 Å². The smallest absolute Gasteiger partial charge is 0.149 e. The zero-order valence-electron chi connectivity index (χ0n) is 11.3. The van der Waals surface area contributed by atoms with E-state index in [0.717, 1.165) is 17.6 Å². The molecule has 0 aliphatic carbocycles. The molecular weight excluding hydrogens is 343 g/mol. The summed E-state index contributed by atoms with van der Waals surface area (Å²) in [7, 11) is 3.60. The number of aliphatic imine (C=N–C) groups is 1. The van der Waals surface area contributed by atoms with Gasteiger partial charge in [-0.3, -0.25) is 9.48 Å². The summed E-state index contributed by atoms with van der Waals surface area (Å²) in [6.07, 6.45) is -0.569. The Kier molecular flexibility index (Phi) is 7.23. The highest BCUT2D eigenvalue weighted by Crippen LogP contribution is 2.23. The highest BCUT2D eigenvalue weighted by Gasteiger charge is 2.19. The first-order chi connectivity index (χ1) is 8.05. The molecule has 0 radical (unpaired) electrons. The first-order valence-corrected chi connectivity index (χ1v) is 5.82. The van der Waals surface area contributed by atoms with Crippen LogP contribution in [0, 0.1) is 0 Å². The van der Waals surface area contributed by atoms with Crippen LogP contribution in [-0.2, 0) is 0 Å². The molecule has 0 saturated carbocycles. The lowest BCUT2D eigenvalue weighted by Crippen LogP contribution is -2.44. The van der Waals surface area contributed by atoms with Crippen molar-refractivity contribution in [1.29, 1.82) is 0 Å². The summed E-state index contributed by atoms with van der Waals surface area (Å²) < 4.78 is 5.85. The van der Waals surface area contributed by atoms with Crippen LogP contribution in [0.4, 0.5) is 5.69 Å². The molecule has 1 rings (SSSR count). The maximum Gasteiger partial charge on any atom is 0.149 e. The van der Waals surface area contributed by atoms with Crippen molar-refractivity contribution in [2.24, 2.45) is 4.99 Å². The van der Waals surface area contributed by atoms with Gasteiger partial charge in [0, 0.05) is 24.9 Å². The highest BCUT2D eigenvalue weighted by atomic mass is 127. The number of nitrogens with zero attached hydrogens (tertiary/aromatic N) is 2. The Morgan fingerprint density at radius 2 is 1.72 bits per heavy atom. The second kappa shape index (κ2) is 7.58. The van der Waals surface area contributed by atoms with E-state index in [4.69, 9.17) is 4.74 Å². The first kappa shape index (κ1) is 17.2. The maximum atomic E-state index is 11.0. The number of hydrogen-bond acceptors (Lipinski definition) is 3. The third-order valence-corrected chi connectivity index (χ3v) is 3.24. The Labute approximate surface area is 126 Å². The molecule has 0 heterocycles. The minimum absolute atomic E-state index is 0. The van der Waals surface area contributed by atoms with Crippen LogP contribution < -0.4 is 14.3 Å². The van der Waals surface area contributed by atoms with Gasteiger partial charge < -0.3 is 9.84 Å². The Balaban J connectivity index is 0.00000289. The van der Waals surface area contributed by atoms with E-state index in [2.05, 4.69) is 25.9 Å². The second-order valence-corrected chi connectivity index (χ2v) is 4.11. The molecule has 1 aromatic carbocycles. The molecule has 4 nitrogen and oxygen atoms in total. The second-order valence-electron chi connectivity index (χ2n) is 4.11. The van der Waals surface area contributed by atoms with Crippen LogP contribution >= 0.6 is 24.0 Å². The van der Waals surface area contributed by atoms with Crippen LogP contribution in [0.2, 0.25) is 0 Å². The average molecular weight is 364 g/mol. The minimum atomic E-state index is -0.569. The van der Waals surface area contributed by atoms with Gasteiger partial charge in [0.1, 0.15) is 11.8 Å². The fraction of sp³-hybridized carbons (Fsp3) is 0.462. The van der Waals surface area contributed by atoms with E-state index in [1.54, 1.807) is 12.1 Å². The zero-order chi connectivity index (χ0) is 12.9. The number of halogens is 1. The number of hydrogen-bond donors (Lipinski definition) is 0. The third kappa shape index (κ3) is 4.13. The molecule has 102 valence electrons. The summed E-state index contributed by atoms with van der Waals surface area (Å²) in [4.78, 5) is 3.42. The van der Waals surface area contributed by atoms with Gasteiger partial charge in [0.05, 0.1) is 20.1 Å². The Morgan fingerprint density at radius 1 is 1.22 bits per heavy atom. The molecule has 0 aromatic heterocycles. The van der Waals surface area contributed by atoms with Gasteiger partial charge in [-0.1, -0.05) is 0 Å². The van der Waals surface area contributed by atoms with Crippen molar-refractivity contribution in [2.45, 2.75) is 13.8 Å². The highest BCUT2D eigenvalue weighted by molar-refractivity contribution is 14.0. The van der Waals surface area contributed by atoms with Crippen molar-refractivity contribution in [3.05, 3.63) is 24.3 Å². The first-order valence-electron chi connectivity index (χ1n) is 5.82. The van der Waals surface area contributed by atoms with E-state index in [0.29, 0.717) is 5.75 Å². The van der Waals surface area contributed by atoms with Gasteiger partial charge in [0.25, 0.3) is 0 Å². The van der Waals surface area contributed by atoms with E-state index in [-0.39, 0.29) is 24.0 Å². The van der Waals surface area contributed by atoms with Crippen molar-refractivity contribution in [1.82, 2.24) is 4.48 Å². The molecule has 0 amide bonds. The van der Waals surface area contributed by atoms with Crippen LogP contribution in [0.5, 0.6) is 5.75 Å². The fourth-order valence-corrected chi connectivity index (χ4v) is 1.61. The van der Waals surface area contributed by atoms with Gasteiger partial charge in [0.15, 0.2) is 0 Å². The molecule has 0 spiro atoms. The average Bonchev–Trinajstić information content (AvgIpc) is 2.38. The molecule has 0 saturated heterocycles. The molecule has 18 heavy (non-hydrogen) atoms. The van der Waals surface area contributed by atoms with E-state index < -0.39 is 6.08 Å². The molecular formula is C13H21IN2O2. The molecule has 1 aromatic rings. The topological polar surface area (TPSA) is 44.6 Å². The third-order valence-electron chi connectivity index (χ3n) is 3.24. The van der Waals surface area contributed by atoms with Crippen LogP contribution in [0.25, 0.3) is 0 Å². The van der Waals surface area contributed by atoms with E-state index in [9.17, 15) is 5.11 Å². The van der Waals surface area contributed by atoms with Crippen molar-refractivity contribution in [2.75, 3.05) is 27.2 Å². The molecule has 0 unspecified atom stereocenters. The minimum Gasteiger partial charge on any atom is -0.567 e. The zero-order valence-corrected chi connectivity index (χ0v) is 13.7. The fourth-order valence-electron chi connectivity index (χ4n) is 1.61. The van der Waals surface area contributed by atoms with E-state index in [1.165, 1.54) is 12.7 Å². The summed E-state index contributed by atoms with van der Waals surface area (Å²) in [5.41, 5.74) is 1.21. The summed E-state index contributed by atoms with van der Waals surface area (Å²) in [5.74, 6) is 0.531. The molecule has 0 aliphatic rings. The normalized spacial score (nSPS) is 11.9. The predicted molar refractivity (Wildman–Crippen MR) is 84.6 cm³/mol. The van der Waals surface area contributed by atoms with Gasteiger partial charge >= 0.3 is 0 Å². The van der Waals surface area contributed by atoms with Gasteiger partial charge in [-0.25, -0.2) is 0 Å². The van der Waals surface area contributed by atoms with Crippen molar-refractivity contribution in [3.63, 3.8) is 0 Å². The predicted octanol–water partition coefficient (Wildman–Crippen LogP) is 2.01. The van der Waals surface area contributed by atoms with Gasteiger partial charge in [-0.2, -0.15) is 0 Å². The monoisotopic (exact) mass is 364 g/mol. The Bertz CT molecular complexity index is 386. The SMILES string of the molecule is CC[N+](C)(CC)c1ccc(OC([O-])=NC)cc1.I. The summed E-state index contributed by atoms with van der Waals surface area (Å²) in [5, 5.41) is 11.0. The summed E-state index contributed by atoms with van der Waals surface area (Å²) in [6.45, 7) is 6.38. The lowest BCUT2D eigenvalue weighted by molar-refractivity contribution is -0.240. The van der Waals surface area contributed by atoms with Crippen molar-refractivity contribution >= 4 is 35.7 Å². The Morgan fingerprint density at radius 3 is 2.11 bits per heavy atom. The number of ether oxygens (including phenoxy) is 1. The van der Waals surface area contributed by atoms with Crippen LogP contribution in [0.15, 0.2) is 29.3 Å². The van der Waals surface area contributed by atoms with Crippen molar-refractivity contribution in [3.8, 4) is 5.75 Å². The summed E-state index contributed by atoms with van der Waals surface area (Å²) >= 11 is 0. The molecule has 0 fully saturated rings. The van der Waals surface area contributed by atoms with Gasteiger partial charge in [-0.05, 0) is 26.0 Å². The number of rotatable bonds is 4. The summed E-state index contributed by atoms with van der Waals surface area (Å²) in [6, 6.07) is 7.59. The molecule has 0 N–H and O–H groups in total. The number of quaternary nitrogens is 1. The molecule has 0 atom stereocenters. The quantitative estimate of drug-likeness (QED) is 0.355. The van der Waals surface area contributed by atoms with Crippen LogP contribution in [0.3, 0.4) is 0 Å². The molecule has 5 heteroatoms.